The van der Waals surface area contributed by atoms with E-state index in [9.17, 15) is 4.79 Å². The average molecular weight is 262 g/mol. The quantitative estimate of drug-likeness (QED) is 0.811. The Morgan fingerprint density at radius 3 is 2.79 bits per heavy atom. The molecule has 0 radical (unpaired) electrons. The van der Waals surface area contributed by atoms with Gasteiger partial charge in [0.2, 0.25) is 0 Å². The van der Waals surface area contributed by atoms with Crippen LogP contribution in [0.25, 0.3) is 0 Å². The third-order valence-electron chi connectivity index (χ3n) is 3.60. The number of hydrogen-bond donors (Lipinski definition) is 2. The van der Waals surface area contributed by atoms with E-state index in [0.717, 1.165) is 37.6 Å². The van der Waals surface area contributed by atoms with Crippen molar-refractivity contribution in [1.29, 1.82) is 0 Å². The fourth-order valence-corrected chi connectivity index (χ4v) is 2.52. The van der Waals surface area contributed by atoms with E-state index in [2.05, 4.69) is 10.7 Å². The molecular weight excluding hydrogens is 244 g/mol. The Morgan fingerprint density at radius 1 is 1.26 bits per heavy atom. The summed E-state index contributed by atoms with van der Waals surface area (Å²) in [6.07, 6.45) is 0. The molecular formula is C13H18N4O2. The summed E-state index contributed by atoms with van der Waals surface area (Å²) in [5, 5.41) is 4.92. The molecule has 2 fully saturated rings. The molecule has 0 aliphatic carbocycles. The van der Waals surface area contributed by atoms with Gasteiger partial charge in [-0.05, 0) is 24.3 Å². The van der Waals surface area contributed by atoms with Gasteiger partial charge in [-0.15, -0.1) is 0 Å². The number of hydrazine groups is 1. The molecule has 19 heavy (non-hydrogen) atoms. The van der Waals surface area contributed by atoms with Crippen molar-refractivity contribution in [2.45, 2.75) is 6.04 Å². The van der Waals surface area contributed by atoms with Crippen LogP contribution in [0.4, 0.5) is 10.5 Å². The molecule has 2 heterocycles. The van der Waals surface area contributed by atoms with Crippen LogP contribution in [0, 0.1) is 0 Å². The minimum absolute atomic E-state index is 0.0166. The zero-order valence-corrected chi connectivity index (χ0v) is 10.9. The molecule has 2 aliphatic rings. The lowest BCUT2D eigenvalue weighted by atomic mass is 10.2. The number of nitrogens with zero attached hydrogens (tertiary/aromatic N) is 2. The molecule has 2 saturated heterocycles. The van der Waals surface area contributed by atoms with Crippen molar-refractivity contribution in [1.82, 2.24) is 15.6 Å². The predicted octanol–water partition coefficient (Wildman–Crippen LogP) is 0.414. The Hall–Kier alpha value is -1.79. The second-order valence-electron chi connectivity index (χ2n) is 4.73. The molecule has 1 unspecified atom stereocenters. The number of anilines is 1. The summed E-state index contributed by atoms with van der Waals surface area (Å²) in [7, 11) is 1.63. The molecule has 102 valence electrons. The normalized spacial score (nSPS) is 23.2. The highest BCUT2D eigenvalue weighted by atomic mass is 16.5. The predicted molar refractivity (Wildman–Crippen MR) is 72.2 cm³/mol. The molecule has 6 nitrogen and oxygen atoms in total. The van der Waals surface area contributed by atoms with E-state index in [0.29, 0.717) is 0 Å². The molecule has 1 aromatic carbocycles. The first-order valence-corrected chi connectivity index (χ1v) is 6.48. The van der Waals surface area contributed by atoms with E-state index >= 15 is 0 Å². The van der Waals surface area contributed by atoms with Crippen LogP contribution >= 0.6 is 0 Å². The van der Waals surface area contributed by atoms with Gasteiger partial charge in [0.1, 0.15) is 5.75 Å². The van der Waals surface area contributed by atoms with Gasteiger partial charge in [0.05, 0.1) is 18.8 Å². The van der Waals surface area contributed by atoms with E-state index in [1.807, 2.05) is 29.2 Å². The van der Waals surface area contributed by atoms with Crippen molar-refractivity contribution in [3.8, 4) is 5.75 Å². The molecule has 0 aromatic heterocycles. The largest absolute Gasteiger partial charge is 0.497 e. The van der Waals surface area contributed by atoms with Crippen LogP contribution in [0.15, 0.2) is 24.3 Å². The van der Waals surface area contributed by atoms with Gasteiger partial charge in [-0.3, -0.25) is 0 Å². The highest BCUT2D eigenvalue weighted by Gasteiger charge is 2.35. The molecule has 0 bridgehead atoms. The van der Waals surface area contributed by atoms with Crippen LogP contribution in [0.3, 0.4) is 0 Å². The number of fused-ring (bicyclic) bond motifs is 1. The standard InChI is InChI=1S/C13H18N4O2/c1-19-12-4-2-10(3-5-12)17-13(18)16-7-6-14-8-11(16)9-15-17/h2-5,11,14-15H,6-9H2,1H3. The van der Waals surface area contributed by atoms with Gasteiger partial charge in [0, 0.05) is 26.2 Å². The maximum Gasteiger partial charge on any atom is 0.339 e. The minimum atomic E-state index is 0.0166. The van der Waals surface area contributed by atoms with Crippen molar-refractivity contribution >= 4 is 11.7 Å². The van der Waals surface area contributed by atoms with E-state index in [1.165, 1.54) is 0 Å². The molecule has 3 rings (SSSR count). The van der Waals surface area contributed by atoms with E-state index in [1.54, 1.807) is 12.1 Å². The number of methoxy groups -OCH3 is 1. The van der Waals surface area contributed by atoms with E-state index in [-0.39, 0.29) is 12.1 Å². The minimum Gasteiger partial charge on any atom is -0.497 e. The van der Waals surface area contributed by atoms with Gasteiger partial charge >= 0.3 is 6.03 Å². The number of amides is 2. The Morgan fingerprint density at radius 2 is 2.05 bits per heavy atom. The van der Waals surface area contributed by atoms with Crippen LogP contribution in [0.5, 0.6) is 5.75 Å². The first-order valence-electron chi connectivity index (χ1n) is 6.48. The van der Waals surface area contributed by atoms with Gasteiger partial charge in [0.25, 0.3) is 0 Å². The Balaban J connectivity index is 1.79. The summed E-state index contributed by atoms with van der Waals surface area (Å²) in [4.78, 5) is 14.4. The SMILES string of the molecule is COc1ccc(N2NCC3CNCCN3C2=O)cc1. The number of urea groups is 1. The highest BCUT2D eigenvalue weighted by molar-refractivity contribution is 5.92. The van der Waals surface area contributed by atoms with Crippen molar-refractivity contribution in [3.63, 3.8) is 0 Å². The lowest BCUT2D eigenvalue weighted by Crippen LogP contribution is -2.68. The first kappa shape index (κ1) is 12.3. The van der Waals surface area contributed by atoms with Gasteiger partial charge in [-0.2, -0.15) is 0 Å². The lowest BCUT2D eigenvalue weighted by Gasteiger charge is -2.44. The van der Waals surface area contributed by atoms with E-state index in [4.69, 9.17) is 4.74 Å². The highest BCUT2D eigenvalue weighted by Crippen LogP contribution is 2.22. The zero-order valence-electron chi connectivity index (χ0n) is 10.9. The molecule has 0 saturated carbocycles. The third kappa shape index (κ3) is 2.24. The lowest BCUT2D eigenvalue weighted by molar-refractivity contribution is 0.143. The maximum absolute atomic E-state index is 12.4. The molecule has 1 atom stereocenters. The van der Waals surface area contributed by atoms with Gasteiger partial charge in [0.15, 0.2) is 0 Å². The summed E-state index contributed by atoms with van der Waals surface area (Å²) >= 11 is 0. The Bertz CT molecular complexity index is 462. The topological polar surface area (TPSA) is 56.8 Å². The Labute approximate surface area is 112 Å². The van der Waals surface area contributed by atoms with E-state index < -0.39 is 0 Å². The van der Waals surface area contributed by atoms with Crippen LogP contribution in [-0.2, 0) is 0 Å². The Kier molecular flexibility index (Phi) is 3.27. The van der Waals surface area contributed by atoms with Crippen molar-refractivity contribution in [2.75, 3.05) is 38.3 Å². The van der Waals surface area contributed by atoms with Crippen LogP contribution < -0.4 is 20.5 Å². The molecule has 6 heteroatoms. The first-order chi connectivity index (χ1) is 9.29. The molecule has 0 spiro atoms. The number of hydrogen-bond acceptors (Lipinski definition) is 4. The molecule has 2 N–H and O–H groups in total. The maximum atomic E-state index is 12.4. The summed E-state index contributed by atoms with van der Waals surface area (Å²) in [5.41, 5.74) is 4.02. The number of carbonyl (C=O) groups excluding carboxylic acids is 1. The summed E-state index contributed by atoms with van der Waals surface area (Å²) in [5.74, 6) is 0.785. The second kappa shape index (κ2) is 5.07. The number of piperazine rings is 1. The third-order valence-corrected chi connectivity index (χ3v) is 3.60. The number of nitrogens with one attached hydrogen (secondary N) is 2. The van der Waals surface area contributed by atoms with Crippen molar-refractivity contribution in [3.05, 3.63) is 24.3 Å². The van der Waals surface area contributed by atoms with Crippen LogP contribution in [0.2, 0.25) is 0 Å². The number of ether oxygens (including phenoxy) is 1. The summed E-state index contributed by atoms with van der Waals surface area (Å²) in [6.45, 7) is 3.25. The number of benzene rings is 1. The number of carbonyl (C=O) groups is 1. The van der Waals surface area contributed by atoms with Crippen LogP contribution in [0.1, 0.15) is 0 Å². The summed E-state index contributed by atoms with van der Waals surface area (Å²) in [6, 6.07) is 7.74. The fourth-order valence-electron chi connectivity index (χ4n) is 2.52. The van der Waals surface area contributed by atoms with Crippen LogP contribution in [-0.4, -0.2) is 50.3 Å². The van der Waals surface area contributed by atoms with Gasteiger partial charge in [-0.25, -0.2) is 15.2 Å². The molecule has 1 aromatic rings. The van der Waals surface area contributed by atoms with Gasteiger partial charge < -0.3 is 15.0 Å². The monoisotopic (exact) mass is 262 g/mol. The molecule has 2 amide bonds. The van der Waals surface area contributed by atoms with Gasteiger partial charge in [-0.1, -0.05) is 0 Å². The average Bonchev–Trinajstić information content (AvgIpc) is 2.48. The second-order valence-corrected chi connectivity index (χ2v) is 4.73. The zero-order chi connectivity index (χ0) is 13.2. The van der Waals surface area contributed by atoms with Crippen molar-refractivity contribution in [2.24, 2.45) is 0 Å². The fraction of sp³-hybridized carbons (Fsp3) is 0.462. The molecule has 2 aliphatic heterocycles. The smallest absolute Gasteiger partial charge is 0.339 e. The number of rotatable bonds is 2. The summed E-state index contributed by atoms with van der Waals surface area (Å²) < 4.78 is 5.13. The van der Waals surface area contributed by atoms with Crippen molar-refractivity contribution < 1.29 is 9.53 Å².